The Morgan fingerprint density at radius 1 is 1.23 bits per heavy atom. The SMILES string of the molecule is C#CCNC(=O)C[S+](C)CC[C@H](CC(=O)[C@H](CCCCN)NC)C(C)=O. The van der Waals surface area contributed by atoms with E-state index in [9.17, 15) is 14.4 Å². The van der Waals surface area contributed by atoms with Crippen molar-refractivity contribution in [1.82, 2.24) is 10.6 Å². The van der Waals surface area contributed by atoms with Gasteiger partial charge in [-0.05, 0) is 44.3 Å². The average molecular weight is 385 g/mol. The van der Waals surface area contributed by atoms with Crippen molar-refractivity contribution in [3.8, 4) is 12.3 Å². The fourth-order valence-corrected chi connectivity index (χ4v) is 4.01. The Morgan fingerprint density at radius 2 is 1.92 bits per heavy atom. The lowest BCUT2D eigenvalue weighted by Gasteiger charge is -2.18. The molecule has 26 heavy (non-hydrogen) atoms. The number of ketones is 2. The Hall–Kier alpha value is -1.36. The van der Waals surface area contributed by atoms with E-state index >= 15 is 0 Å². The first-order valence-corrected chi connectivity index (χ1v) is 11.0. The molecule has 0 aromatic heterocycles. The highest BCUT2D eigenvalue weighted by atomic mass is 32.2. The molecule has 0 rings (SSSR count). The van der Waals surface area contributed by atoms with Crippen LogP contribution in [0.2, 0.25) is 0 Å². The van der Waals surface area contributed by atoms with E-state index in [1.54, 1.807) is 7.05 Å². The number of Topliss-reactive ketones (excluding diaryl/α,β-unsaturated/α-hetero) is 2. The molecule has 6 nitrogen and oxygen atoms in total. The third-order valence-corrected chi connectivity index (χ3v) is 5.97. The van der Waals surface area contributed by atoms with Gasteiger partial charge in [-0.3, -0.25) is 14.4 Å². The van der Waals surface area contributed by atoms with E-state index in [2.05, 4.69) is 16.6 Å². The van der Waals surface area contributed by atoms with Gasteiger partial charge in [0.25, 0.3) is 5.91 Å². The molecule has 0 radical (unpaired) electrons. The fraction of sp³-hybridized carbons (Fsp3) is 0.737. The molecule has 4 N–H and O–H groups in total. The van der Waals surface area contributed by atoms with Crippen LogP contribution in [0.3, 0.4) is 0 Å². The monoisotopic (exact) mass is 384 g/mol. The smallest absolute Gasteiger partial charge is 0.270 e. The van der Waals surface area contributed by atoms with Crippen molar-refractivity contribution >= 4 is 28.4 Å². The number of terminal acetylenes is 1. The van der Waals surface area contributed by atoms with Crippen molar-refractivity contribution in [2.75, 3.05) is 37.9 Å². The zero-order chi connectivity index (χ0) is 19.9. The summed E-state index contributed by atoms with van der Waals surface area (Å²) in [5.74, 6) is 3.28. The lowest BCUT2D eigenvalue weighted by atomic mass is 9.91. The Kier molecular flexibility index (Phi) is 14.0. The van der Waals surface area contributed by atoms with Crippen molar-refractivity contribution in [3.05, 3.63) is 0 Å². The van der Waals surface area contributed by atoms with Gasteiger partial charge in [0.2, 0.25) is 0 Å². The second-order valence-corrected chi connectivity index (χ2v) is 8.76. The normalized spacial score (nSPS) is 14.1. The lowest BCUT2D eigenvalue weighted by Crippen LogP contribution is -2.36. The summed E-state index contributed by atoms with van der Waals surface area (Å²) in [5.41, 5.74) is 5.49. The molecule has 7 heteroatoms. The molecule has 0 aromatic rings. The second kappa shape index (κ2) is 14.8. The Morgan fingerprint density at radius 3 is 2.46 bits per heavy atom. The maximum Gasteiger partial charge on any atom is 0.270 e. The van der Waals surface area contributed by atoms with Gasteiger partial charge in [-0.1, -0.05) is 12.3 Å². The van der Waals surface area contributed by atoms with Crippen LogP contribution in [-0.2, 0) is 25.3 Å². The first-order chi connectivity index (χ1) is 12.3. The molecular formula is C19H34N3O3S+. The molecular weight excluding hydrogens is 350 g/mol. The zero-order valence-corrected chi connectivity index (χ0v) is 17.1. The predicted molar refractivity (Wildman–Crippen MR) is 109 cm³/mol. The van der Waals surface area contributed by atoms with Gasteiger partial charge in [0.1, 0.15) is 17.3 Å². The predicted octanol–water partition coefficient (Wildman–Crippen LogP) is 0.255. The van der Waals surface area contributed by atoms with Gasteiger partial charge < -0.3 is 16.4 Å². The molecule has 1 amide bonds. The first-order valence-electron chi connectivity index (χ1n) is 9.05. The Balaban J connectivity index is 4.46. The van der Waals surface area contributed by atoms with E-state index in [1.165, 1.54) is 6.92 Å². The summed E-state index contributed by atoms with van der Waals surface area (Å²) in [4.78, 5) is 36.1. The highest BCUT2D eigenvalue weighted by Crippen LogP contribution is 2.16. The minimum absolute atomic E-state index is 0.0314. The molecule has 0 spiro atoms. The highest BCUT2D eigenvalue weighted by molar-refractivity contribution is 7.96. The number of hydrogen-bond acceptors (Lipinski definition) is 5. The average Bonchev–Trinajstić information content (AvgIpc) is 2.60. The van der Waals surface area contributed by atoms with Crippen molar-refractivity contribution in [1.29, 1.82) is 0 Å². The van der Waals surface area contributed by atoms with Crippen molar-refractivity contribution in [3.63, 3.8) is 0 Å². The number of nitrogens with two attached hydrogens (primary N) is 1. The molecule has 0 aliphatic heterocycles. The zero-order valence-electron chi connectivity index (χ0n) is 16.3. The van der Waals surface area contributed by atoms with Crippen LogP contribution in [0, 0.1) is 18.3 Å². The lowest BCUT2D eigenvalue weighted by molar-refractivity contribution is -0.127. The first kappa shape index (κ1) is 24.6. The van der Waals surface area contributed by atoms with Gasteiger partial charge >= 0.3 is 0 Å². The van der Waals surface area contributed by atoms with Crippen LogP contribution in [0.1, 0.15) is 39.0 Å². The van der Waals surface area contributed by atoms with Crippen LogP contribution in [0.5, 0.6) is 0 Å². The molecule has 0 aliphatic rings. The molecule has 3 atom stereocenters. The number of likely N-dealkylation sites (N-methyl/N-ethyl adjacent to an activating group) is 1. The van der Waals surface area contributed by atoms with E-state index in [0.717, 1.165) is 25.0 Å². The number of carbonyl (C=O) groups excluding carboxylic acids is 3. The van der Waals surface area contributed by atoms with E-state index < -0.39 is 0 Å². The van der Waals surface area contributed by atoms with Crippen LogP contribution in [0.25, 0.3) is 0 Å². The van der Waals surface area contributed by atoms with Gasteiger partial charge in [-0.2, -0.15) is 0 Å². The summed E-state index contributed by atoms with van der Waals surface area (Å²) in [6.07, 6.45) is 10.5. The van der Waals surface area contributed by atoms with Gasteiger partial charge in [0, 0.05) is 18.8 Å². The number of carbonyl (C=O) groups is 3. The minimum atomic E-state index is -0.281. The van der Waals surface area contributed by atoms with Crippen LogP contribution >= 0.6 is 0 Å². The van der Waals surface area contributed by atoms with E-state index in [-0.39, 0.29) is 53.3 Å². The molecule has 0 fully saturated rings. The minimum Gasteiger partial charge on any atom is -0.341 e. The van der Waals surface area contributed by atoms with Crippen LogP contribution in [0.4, 0.5) is 0 Å². The number of amides is 1. The topological polar surface area (TPSA) is 101 Å². The second-order valence-electron chi connectivity index (χ2n) is 6.50. The van der Waals surface area contributed by atoms with Gasteiger partial charge in [-0.15, -0.1) is 6.42 Å². The number of hydrogen-bond donors (Lipinski definition) is 3. The van der Waals surface area contributed by atoms with Crippen LogP contribution in [0.15, 0.2) is 0 Å². The summed E-state index contributed by atoms with van der Waals surface area (Å²) in [6, 6.07) is -0.224. The van der Waals surface area contributed by atoms with Gasteiger partial charge in [0.05, 0.1) is 18.8 Å². The van der Waals surface area contributed by atoms with E-state index in [0.29, 0.717) is 18.7 Å². The Labute approximate surface area is 160 Å². The molecule has 0 heterocycles. The summed E-state index contributed by atoms with van der Waals surface area (Å²) in [5, 5.41) is 5.69. The summed E-state index contributed by atoms with van der Waals surface area (Å²) < 4.78 is 0. The quantitative estimate of drug-likeness (QED) is 0.214. The number of unbranched alkanes of at least 4 members (excludes halogenated alkanes) is 1. The largest absolute Gasteiger partial charge is 0.341 e. The maximum atomic E-state index is 12.5. The van der Waals surface area contributed by atoms with Crippen molar-refractivity contribution in [2.24, 2.45) is 11.7 Å². The molecule has 0 saturated heterocycles. The molecule has 0 saturated carbocycles. The summed E-state index contributed by atoms with van der Waals surface area (Å²) in [6.45, 7) is 2.39. The molecule has 148 valence electrons. The maximum absolute atomic E-state index is 12.5. The number of nitrogens with one attached hydrogen (secondary N) is 2. The third-order valence-electron chi connectivity index (χ3n) is 4.29. The van der Waals surface area contributed by atoms with Gasteiger partial charge in [-0.25, -0.2) is 0 Å². The Bertz CT molecular complexity index is 491. The third kappa shape index (κ3) is 11.3. The van der Waals surface area contributed by atoms with Gasteiger partial charge in [0.15, 0.2) is 5.75 Å². The molecule has 0 bridgehead atoms. The van der Waals surface area contributed by atoms with E-state index in [1.807, 2.05) is 6.26 Å². The van der Waals surface area contributed by atoms with Crippen molar-refractivity contribution < 1.29 is 14.4 Å². The fourth-order valence-electron chi connectivity index (χ4n) is 2.63. The van der Waals surface area contributed by atoms with Crippen molar-refractivity contribution in [2.45, 2.75) is 45.1 Å². The molecule has 1 unspecified atom stereocenters. The summed E-state index contributed by atoms with van der Waals surface area (Å²) >= 11 is 0. The highest BCUT2D eigenvalue weighted by Gasteiger charge is 2.26. The molecule has 0 aromatic carbocycles. The van der Waals surface area contributed by atoms with Crippen LogP contribution in [-0.4, -0.2) is 61.4 Å². The summed E-state index contributed by atoms with van der Waals surface area (Å²) in [7, 11) is 1.62. The van der Waals surface area contributed by atoms with Crippen LogP contribution < -0.4 is 16.4 Å². The standard InChI is InChI=1S/C19H33N3O3S/c1-5-11-22-19(25)14-26(4)12-9-16(15(2)23)13-18(24)17(21-3)8-6-7-10-20/h1,16-17,21H,6-14,20H2,2-4H3/p+1/t16-,17+,26?/m1/s1. The van der Waals surface area contributed by atoms with E-state index in [4.69, 9.17) is 12.2 Å². The molecule has 0 aliphatic carbocycles. The number of rotatable bonds is 15.